The molecule has 5 nitrogen and oxygen atoms in total. The predicted octanol–water partition coefficient (Wildman–Crippen LogP) is 5.29. The van der Waals surface area contributed by atoms with Crippen molar-refractivity contribution < 1.29 is 9.84 Å². The zero-order valence-electron chi connectivity index (χ0n) is 19.5. The second-order valence-corrected chi connectivity index (χ2v) is 10.3. The van der Waals surface area contributed by atoms with Gasteiger partial charge in [0.2, 0.25) is 0 Å². The highest BCUT2D eigenvalue weighted by Crippen LogP contribution is 2.40. The van der Waals surface area contributed by atoms with Crippen LogP contribution in [0.1, 0.15) is 61.4 Å². The fourth-order valence-electron chi connectivity index (χ4n) is 4.97. The summed E-state index contributed by atoms with van der Waals surface area (Å²) in [5.41, 5.74) is 4.92. The number of rotatable bonds is 7. The molecule has 34 heavy (non-hydrogen) atoms. The van der Waals surface area contributed by atoms with Crippen LogP contribution in [0, 0.1) is 0 Å². The zero-order chi connectivity index (χ0) is 23.7. The third kappa shape index (κ3) is 5.25. The van der Waals surface area contributed by atoms with Gasteiger partial charge in [-0.1, -0.05) is 41.9 Å². The predicted molar refractivity (Wildman–Crippen MR) is 142 cm³/mol. The summed E-state index contributed by atoms with van der Waals surface area (Å²) in [6, 6.07) is 15.0. The van der Waals surface area contributed by atoms with Gasteiger partial charge in [-0.05, 0) is 73.1 Å². The molecule has 180 valence electrons. The summed E-state index contributed by atoms with van der Waals surface area (Å²) in [6.07, 6.45) is 5.86. The SMILES string of the molecule is CCNC(=S)NC[C@@H]1C[C@H](O)C[C@H](n2cc(Cc3ccc(C4CC4)cc3)c3c(Cl)cccc32)O1. The monoisotopic (exact) mass is 497 g/mol. The Bertz CT molecular complexity index is 1160. The maximum Gasteiger partial charge on any atom is 0.166 e. The summed E-state index contributed by atoms with van der Waals surface area (Å²) in [4.78, 5) is 0. The van der Waals surface area contributed by atoms with Crippen molar-refractivity contribution in [1.82, 2.24) is 15.2 Å². The summed E-state index contributed by atoms with van der Waals surface area (Å²) in [5, 5.41) is 19.3. The summed E-state index contributed by atoms with van der Waals surface area (Å²) in [5.74, 6) is 0.759. The first-order valence-electron chi connectivity index (χ1n) is 12.2. The van der Waals surface area contributed by atoms with Crippen molar-refractivity contribution in [1.29, 1.82) is 0 Å². The van der Waals surface area contributed by atoms with Crippen LogP contribution in [-0.2, 0) is 11.2 Å². The molecule has 2 aromatic carbocycles. The number of nitrogens with one attached hydrogen (secondary N) is 2. The first kappa shape index (κ1) is 23.6. The van der Waals surface area contributed by atoms with Crippen LogP contribution < -0.4 is 10.6 Å². The van der Waals surface area contributed by atoms with Crippen LogP contribution in [0.3, 0.4) is 0 Å². The number of thiocarbonyl (C=S) groups is 1. The van der Waals surface area contributed by atoms with Gasteiger partial charge in [-0.15, -0.1) is 0 Å². The van der Waals surface area contributed by atoms with E-state index in [1.165, 1.54) is 29.5 Å². The zero-order valence-corrected chi connectivity index (χ0v) is 21.0. The summed E-state index contributed by atoms with van der Waals surface area (Å²) in [6.45, 7) is 3.33. The molecule has 5 rings (SSSR count). The number of hydrogen-bond donors (Lipinski definition) is 3. The Hall–Kier alpha value is -2.12. The molecule has 1 aromatic heterocycles. The highest BCUT2D eigenvalue weighted by molar-refractivity contribution is 7.80. The molecule has 0 amide bonds. The molecule has 3 atom stereocenters. The van der Waals surface area contributed by atoms with Gasteiger partial charge in [0.1, 0.15) is 6.23 Å². The Kier molecular flexibility index (Phi) is 7.11. The van der Waals surface area contributed by atoms with E-state index in [9.17, 15) is 5.11 Å². The van der Waals surface area contributed by atoms with E-state index in [2.05, 4.69) is 51.7 Å². The van der Waals surface area contributed by atoms with Gasteiger partial charge in [-0.25, -0.2) is 0 Å². The number of aromatic nitrogens is 1. The van der Waals surface area contributed by atoms with Crippen molar-refractivity contribution in [2.75, 3.05) is 13.1 Å². The van der Waals surface area contributed by atoms with Gasteiger partial charge < -0.3 is 25.0 Å². The minimum Gasteiger partial charge on any atom is -0.393 e. The highest BCUT2D eigenvalue weighted by Gasteiger charge is 2.31. The van der Waals surface area contributed by atoms with Crippen LogP contribution >= 0.6 is 23.8 Å². The lowest BCUT2D eigenvalue weighted by atomic mass is 10.0. The van der Waals surface area contributed by atoms with E-state index in [-0.39, 0.29) is 12.3 Å². The lowest BCUT2D eigenvalue weighted by molar-refractivity contribution is -0.124. The van der Waals surface area contributed by atoms with Gasteiger partial charge in [0.05, 0.1) is 22.7 Å². The standard InChI is InChI=1S/C27H32ClN3O2S/c1-2-29-27(34)30-15-22-13-21(32)14-25(33-22)31-16-20(26-23(28)4-3-5-24(26)31)12-17-6-8-18(9-7-17)19-10-11-19/h3-9,16,19,21-22,25,32H,2,10-15H2,1H3,(H2,29,30,34)/t21-,22-,25+/m0/s1. The number of aliphatic hydroxyl groups is 1. The van der Waals surface area contributed by atoms with E-state index in [1.807, 2.05) is 19.1 Å². The van der Waals surface area contributed by atoms with Crippen LogP contribution in [0.4, 0.5) is 0 Å². The third-order valence-electron chi connectivity index (χ3n) is 6.80. The number of nitrogens with zero attached hydrogens (tertiary/aromatic N) is 1. The first-order chi connectivity index (χ1) is 16.5. The van der Waals surface area contributed by atoms with Crippen molar-refractivity contribution in [3.05, 3.63) is 70.4 Å². The molecule has 2 aliphatic rings. The van der Waals surface area contributed by atoms with Crippen molar-refractivity contribution in [3.8, 4) is 0 Å². The van der Waals surface area contributed by atoms with E-state index in [0.717, 1.165) is 34.8 Å². The van der Waals surface area contributed by atoms with Gasteiger partial charge in [-0.2, -0.15) is 0 Å². The Labute approximate surface area is 211 Å². The average Bonchev–Trinajstić information content (AvgIpc) is 3.60. The lowest BCUT2D eigenvalue weighted by Gasteiger charge is -2.34. The van der Waals surface area contributed by atoms with E-state index in [4.69, 9.17) is 28.6 Å². The van der Waals surface area contributed by atoms with Crippen molar-refractivity contribution in [2.24, 2.45) is 0 Å². The number of benzene rings is 2. The summed E-state index contributed by atoms with van der Waals surface area (Å²) < 4.78 is 8.59. The quantitative estimate of drug-likeness (QED) is 0.387. The minimum absolute atomic E-state index is 0.139. The fraction of sp³-hybridized carbons (Fsp3) is 0.444. The second-order valence-electron chi connectivity index (χ2n) is 9.47. The van der Waals surface area contributed by atoms with Gasteiger partial charge >= 0.3 is 0 Å². The normalized spacial score (nSPS) is 22.6. The molecule has 0 unspecified atom stereocenters. The number of ether oxygens (including phenoxy) is 1. The molecule has 7 heteroatoms. The third-order valence-corrected chi connectivity index (χ3v) is 7.41. The van der Waals surface area contributed by atoms with E-state index >= 15 is 0 Å². The summed E-state index contributed by atoms with van der Waals surface area (Å²) in [7, 11) is 0. The molecular weight excluding hydrogens is 466 g/mol. The van der Waals surface area contributed by atoms with Gasteiger partial charge in [0.25, 0.3) is 0 Å². The van der Waals surface area contributed by atoms with Crippen LogP contribution in [0.25, 0.3) is 10.9 Å². The Morgan fingerprint density at radius 3 is 2.68 bits per heavy atom. The average molecular weight is 498 g/mol. The molecule has 2 fully saturated rings. The Morgan fingerprint density at radius 1 is 1.15 bits per heavy atom. The lowest BCUT2D eigenvalue weighted by Crippen LogP contribution is -2.44. The van der Waals surface area contributed by atoms with Crippen LogP contribution in [0.5, 0.6) is 0 Å². The Morgan fingerprint density at radius 2 is 1.94 bits per heavy atom. The fourth-order valence-corrected chi connectivity index (χ4v) is 5.49. The molecule has 1 aliphatic heterocycles. The van der Waals surface area contributed by atoms with E-state index in [0.29, 0.717) is 24.5 Å². The first-order valence-corrected chi connectivity index (χ1v) is 13.0. The van der Waals surface area contributed by atoms with Crippen molar-refractivity contribution >= 4 is 39.8 Å². The number of halogens is 1. The molecular formula is C27H32ClN3O2S. The molecule has 1 saturated heterocycles. The van der Waals surface area contributed by atoms with Crippen LogP contribution in [0.2, 0.25) is 5.02 Å². The van der Waals surface area contributed by atoms with Gasteiger partial charge in [-0.3, -0.25) is 0 Å². The minimum atomic E-state index is -0.437. The number of fused-ring (bicyclic) bond motifs is 1. The van der Waals surface area contributed by atoms with Crippen LogP contribution in [-0.4, -0.2) is 40.1 Å². The van der Waals surface area contributed by atoms with E-state index < -0.39 is 6.10 Å². The van der Waals surface area contributed by atoms with Gasteiger partial charge in [0.15, 0.2) is 5.11 Å². The maximum absolute atomic E-state index is 10.6. The number of aliphatic hydroxyl groups excluding tert-OH is 1. The highest BCUT2D eigenvalue weighted by atomic mass is 35.5. The molecule has 1 aliphatic carbocycles. The topological polar surface area (TPSA) is 58.5 Å². The smallest absolute Gasteiger partial charge is 0.166 e. The molecule has 3 N–H and O–H groups in total. The molecule has 0 radical (unpaired) electrons. The summed E-state index contributed by atoms with van der Waals surface area (Å²) >= 11 is 12.0. The van der Waals surface area contributed by atoms with Gasteiger partial charge in [0, 0.05) is 37.5 Å². The molecule has 2 heterocycles. The maximum atomic E-state index is 10.6. The number of hydrogen-bond acceptors (Lipinski definition) is 3. The molecule has 3 aromatic rings. The van der Waals surface area contributed by atoms with Crippen LogP contribution in [0.15, 0.2) is 48.7 Å². The van der Waals surface area contributed by atoms with Crippen molar-refractivity contribution in [2.45, 2.75) is 63.4 Å². The molecule has 0 spiro atoms. The Balaban J connectivity index is 1.39. The second kappa shape index (κ2) is 10.2. The largest absolute Gasteiger partial charge is 0.393 e. The molecule has 1 saturated carbocycles. The van der Waals surface area contributed by atoms with E-state index in [1.54, 1.807) is 0 Å². The van der Waals surface area contributed by atoms with Crippen molar-refractivity contribution in [3.63, 3.8) is 0 Å². The molecule has 0 bridgehead atoms.